The number of benzene rings is 3. The van der Waals surface area contributed by atoms with Gasteiger partial charge in [0.05, 0.1) is 0 Å². The molecule has 0 atom stereocenters. The first-order chi connectivity index (χ1) is 13.8. The maximum Gasteiger partial charge on any atom is 0.326 e. The first-order valence-electron chi connectivity index (χ1n) is 8.38. The third-order valence-electron chi connectivity index (χ3n) is 4.37. The van der Waals surface area contributed by atoms with Gasteiger partial charge in [0.2, 0.25) is 0 Å². The van der Waals surface area contributed by atoms with Crippen LogP contribution in [0.15, 0.2) is 53.0 Å². The number of nitrogens with zero attached hydrogens (tertiary/aromatic N) is 1. The molecule has 0 saturated carbocycles. The minimum absolute atomic E-state index is 0.0756. The zero-order valence-corrected chi connectivity index (χ0v) is 17.1. The summed E-state index contributed by atoms with van der Waals surface area (Å²) in [5.74, 6) is -3.37. The highest BCUT2D eigenvalue weighted by Crippen LogP contribution is 2.42. The average Bonchev–Trinajstić information content (AvgIpc) is 2.96. The largest absolute Gasteiger partial charge is 0.483 e. The second-order valence-corrected chi connectivity index (χ2v) is 8.82. The number of nitrogens with one attached hydrogen (secondary N) is 1. The molecule has 1 fully saturated rings. The molecule has 150 valence electrons. The van der Waals surface area contributed by atoms with E-state index in [0.29, 0.717) is 14.3 Å². The zero-order valence-electron chi connectivity index (χ0n) is 14.7. The number of anilines is 1. The first-order valence-corrected chi connectivity index (χ1v) is 10.6. The highest BCUT2D eigenvalue weighted by atomic mass is 79.9. The number of carbonyl (C=O) groups excluding carboxylic acids is 1. The Hall–Kier alpha value is -2.72. The standard InChI is InChI=1S/C19H13BrF2N2O4S/c20-12-6-7-13-14(8-12)16(21)18(24-9-15(25)23-29(24,26)27)19(17(13)22)28-10-11-4-2-1-3-5-11/h1-8H,9-10H2,(H,23,25). The van der Waals surface area contributed by atoms with Crippen LogP contribution in [0.4, 0.5) is 14.5 Å². The van der Waals surface area contributed by atoms with Crippen molar-refractivity contribution >= 4 is 48.5 Å². The minimum Gasteiger partial charge on any atom is -0.483 e. The highest BCUT2D eigenvalue weighted by Gasteiger charge is 2.39. The smallest absolute Gasteiger partial charge is 0.326 e. The van der Waals surface area contributed by atoms with Gasteiger partial charge in [-0.25, -0.2) is 17.8 Å². The van der Waals surface area contributed by atoms with Crippen LogP contribution in [0.5, 0.6) is 5.75 Å². The lowest BCUT2D eigenvalue weighted by Gasteiger charge is -2.22. The number of halogens is 3. The molecular formula is C19H13BrF2N2O4S. The number of carbonyl (C=O) groups is 1. The lowest BCUT2D eigenvalue weighted by molar-refractivity contribution is -0.117. The van der Waals surface area contributed by atoms with E-state index in [9.17, 15) is 13.2 Å². The van der Waals surface area contributed by atoms with Gasteiger partial charge in [0, 0.05) is 15.2 Å². The predicted molar refractivity (Wildman–Crippen MR) is 107 cm³/mol. The van der Waals surface area contributed by atoms with Crippen LogP contribution in [-0.2, 0) is 21.6 Å². The van der Waals surface area contributed by atoms with E-state index in [4.69, 9.17) is 4.74 Å². The molecule has 0 unspecified atom stereocenters. The Balaban J connectivity index is 1.93. The first kappa shape index (κ1) is 19.6. The van der Waals surface area contributed by atoms with E-state index in [2.05, 4.69) is 15.9 Å². The second kappa shape index (κ2) is 7.27. The van der Waals surface area contributed by atoms with E-state index in [1.54, 1.807) is 35.1 Å². The van der Waals surface area contributed by atoms with E-state index in [1.807, 2.05) is 0 Å². The number of amides is 1. The van der Waals surface area contributed by atoms with Crippen LogP contribution >= 0.6 is 15.9 Å². The molecule has 1 aliphatic heterocycles. The van der Waals surface area contributed by atoms with Crippen molar-refractivity contribution in [3.8, 4) is 5.75 Å². The van der Waals surface area contributed by atoms with E-state index < -0.39 is 45.7 Å². The monoisotopic (exact) mass is 482 g/mol. The quantitative estimate of drug-likeness (QED) is 0.615. The molecule has 4 rings (SSSR count). The lowest BCUT2D eigenvalue weighted by atomic mass is 10.1. The molecule has 1 saturated heterocycles. The summed E-state index contributed by atoms with van der Waals surface area (Å²) in [6.07, 6.45) is 0. The minimum atomic E-state index is -4.38. The van der Waals surface area contributed by atoms with E-state index in [0.717, 1.165) is 0 Å². The van der Waals surface area contributed by atoms with Crippen molar-refractivity contribution in [2.75, 3.05) is 10.8 Å². The third kappa shape index (κ3) is 3.53. The third-order valence-corrected chi connectivity index (χ3v) is 6.24. The molecule has 0 spiro atoms. The fraction of sp³-hybridized carbons (Fsp3) is 0.105. The fourth-order valence-electron chi connectivity index (χ4n) is 3.07. The van der Waals surface area contributed by atoms with Gasteiger partial charge in [-0.2, -0.15) is 8.42 Å². The van der Waals surface area contributed by atoms with Gasteiger partial charge in [0.15, 0.2) is 17.4 Å². The zero-order chi connectivity index (χ0) is 20.8. The van der Waals surface area contributed by atoms with Crippen molar-refractivity contribution in [2.45, 2.75) is 6.61 Å². The van der Waals surface area contributed by atoms with E-state index >= 15 is 8.78 Å². The maximum atomic E-state index is 15.4. The van der Waals surface area contributed by atoms with Gasteiger partial charge in [-0.15, -0.1) is 0 Å². The van der Waals surface area contributed by atoms with Crippen molar-refractivity contribution in [1.29, 1.82) is 0 Å². The summed E-state index contributed by atoms with van der Waals surface area (Å²) >= 11 is 3.19. The van der Waals surface area contributed by atoms with Gasteiger partial charge < -0.3 is 4.74 Å². The summed E-state index contributed by atoms with van der Waals surface area (Å²) in [6, 6.07) is 13.0. The van der Waals surface area contributed by atoms with Gasteiger partial charge in [0.25, 0.3) is 5.91 Å². The Morgan fingerprint density at radius 3 is 2.45 bits per heavy atom. The number of rotatable bonds is 4. The molecule has 0 aliphatic carbocycles. The molecular weight excluding hydrogens is 470 g/mol. The van der Waals surface area contributed by atoms with Crippen LogP contribution in [0, 0.1) is 11.6 Å². The molecule has 1 amide bonds. The molecule has 1 aliphatic rings. The lowest BCUT2D eigenvalue weighted by Crippen LogP contribution is -2.31. The number of fused-ring (bicyclic) bond motifs is 1. The summed E-state index contributed by atoms with van der Waals surface area (Å²) in [4.78, 5) is 11.7. The molecule has 29 heavy (non-hydrogen) atoms. The van der Waals surface area contributed by atoms with Gasteiger partial charge >= 0.3 is 10.2 Å². The molecule has 1 N–H and O–H groups in total. The summed E-state index contributed by atoms with van der Waals surface area (Å²) in [7, 11) is -4.38. The van der Waals surface area contributed by atoms with E-state index in [-0.39, 0.29) is 17.4 Å². The van der Waals surface area contributed by atoms with Crippen molar-refractivity contribution in [3.63, 3.8) is 0 Å². The van der Waals surface area contributed by atoms with Crippen LogP contribution in [0.2, 0.25) is 0 Å². The second-order valence-electron chi connectivity index (χ2n) is 6.31. The topological polar surface area (TPSA) is 75.7 Å². The normalized spacial score (nSPS) is 15.6. The van der Waals surface area contributed by atoms with Crippen molar-refractivity contribution in [1.82, 2.24) is 4.72 Å². The Morgan fingerprint density at radius 2 is 1.79 bits per heavy atom. The Morgan fingerprint density at radius 1 is 1.07 bits per heavy atom. The molecule has 0 radical (unpaired) electrons. The Kier molecular flexibility index (Phi) is 4.91. The van der Waals surface area contributed by atoms with Crippen molar-refractivity contribution in [3.05, 3.63) is 70.2 Å². The van der Waals surface area contributed by atoms with E-state index in [1.165, 1.54) is 18.2 Å². The van der Waals surface area contributed by atoms with Crippen molar-refractivity contribution in [2.24, 2.45) is 0 Å². The SMILES string of the molecule is O=C1CN(c2c(OCc3ccccc3)c(F)c3ccc(Br)cc3c2F)S(=O)(=O)N1. The molecule has 6 nitrogen and oxygen atoms in total. The summed E-state index contributed by atoms with van der Waals surface area (Å²) in [6.45, 7) is -0.804. The van der Waals surface area contributed by atoms with Gasteiger partial charge in [-0.05, 0) is 17.7 Å². The van der Waals surface area contributed by atoms with Crippen LogP contribution in [-0.4, -0.2) is 20.9 Å². The molecule has 0 bridgehead atoms. The summed E-state index contributed by atoms with van der Waals surface area (Å²) < 4.78 is 63.6. The van der Waals surface area contributed by atoms with Gasteiger partial charge in [-0.3, -0.25) is 4.79 Å². The Bertz CT molecular complexity index is 1240. The number of hydrogen-bond acceptors (Lipinski definition) is 4. The van der Waals surface area contributed by atoms with Gasteiger partial charge in [-0.1, -0.05) is 52.3 Å². The van der Waals surface area contributed by atoms with Crippen LogP contribution in [0.1, 0.15) is 5.56 Å². The summed E-state index contributed by atoms with van der Waals surface area (Å²) in [5, 5.41) is -0.220. The van der Waals surface area contributed by atoms with Crippen molar-refractivity contribution < 1.29 is 26.7 Å². The average molecular weight is 483 g/mol. The van der Waals surface area contributed by atoms with Crippen LogP contribution < -0.4 is 13.8 Å². The number of ether oxygens (including phenoxy) is 1. The highest BCUT2D eigenvalue weighted by molar-refractivity contribution is 9.10. The molecule has 3 aromatic carbocycles. The molecule has 0 aromatic heterocycles. The van der Waals surface area contributed by atoms with Crippen LogP contribution in [0.25, 0.3) is 10.8 Å². The molecule has 10 heteroatoms. The van der Waals surface area contributed by atoms with Gasteiger partial charge in [0.1, 0.15) is 18.8 Å². The molecule has 3 aromatic rings. The maximum absolute atomic E-state index is 15.4. The summed E-state index contributed by atoms with van der Waals surface area (Å²) in [5.41, 5.74) is 0.0232. The molecule has 1 heterocycles. The predicted octanol–water partition coefficient (Wildman–Crippen LogP) is 3.64. The number of hydrogen-bond donors (Lipinski definition) is 1. The Labute approximate surface area is 173 Å². The fourth-order valence-corrected chi connectivity index (χ4v) is 4.59. The van der Waals surface area contributed by atoms with Crippen LogP contribution in [0.3, 0.4) is 0 Å².